The molecule has 6 nitrogen and oxygen atoms in total. The van der Waals surface area contributed by atoms with Crippen LogP contribution in [0.2, 0.25) is 0 Å². The molecule has 0 bridgehead atoms. The predicted octanol–water partition coefficient (Wildman–Crippen LogP) is 4.03. The van der Waals surface area contributed by atoms with Gasteiger partial charge in [0.1, 0.15) is 5.75 Å². The molecule has 2 rings (SSSR count). The van der Waals surface area contributed by atoms with E-state index in [2.05, 4.69) is 0 Å². The third-order valence-corrected chi connectivity index (χ3v) is 4.62. The van der Waals surface area contributed by atoms with Gasteiger partial charge in [0.05, 0.1) is 12.7 Å². The molecule has 0 heterocycles. The van der Waals surface area contributed by atoms with Crippen LogP contribution in [0.5, 0.6) is 5.75 Å². The van der Waals surface area contributed by atoms with E-state index in [9.17, 15) is 14.4 Å². The zero-order valence-electron chi connectivity index (χ0n) is 18.8. The second kappa shape index (κ2) is 10.4. The summed E-state index contributed by atoms with van der Waals surface area (Å²) in [5.74, 6) is 0.0369. The lowest BCUT2D eigenvalue weighted by atomic mass is 10.00. The molecule has 0 spiro atoms. The Hall–Kier alpha value is -3.67. The van der Waals surface area contributed by atoms with E-state index < -0.39 is 0 Å². The number of amides is 2. The van der Waals surface area contributed by atoms with Gasteiger partial charge in [-0.2, -0.15) is 0 Å². The number of benzene rings is 2. The monoisotopic (exact) mass is 420 g/mol. The van der Waals surface area contributed by atoms with Gasteiger partial charge in [-0.05, 0) is 48.9 Å². The molecule has 0 fully saturated rings. The Labute approximate surface area is 183 Å². The first kappa shape index (κ1) is 23.6. The molecule has 2 aromatic rings. The second-order valence-corrected chi connectivity index (χ2v) is 7.36. The molecule has 0 atom stereocenters. The molecule has 0 N–H and O–H groups in total. The number of nitrogens with zero attached hydrogens (tertiary/aromatic N) is 2. The highest BCUT2D eigenvalue weighted by Crippen LogP contribution is 2.27. The highest BCUT2D eigenvalue weighted by atomic mass is 16.5. The maximum absolute atomic E-state index is 12.6. The largest absolute Gasteiger partial charge is 0.496 e. The van der Waals surface area contributed by atoms with Gasteiger partial charge in [-0.3, -0.25) is 14.4 Å². The summed E-state index contributed by atoms with van der Waals surface area (Å²) in [7, 11) is 8.26. The van der Waals surface area contributed by atoms with Crippen molar-refractivity contribution < 1.29 is 19.1 Å². The van der Waals surface area contributed by atoms with E-state index in [0.29, 0.717) is 28.0 Å². The average Bonchev–Trinajstić information content (AvgIpc) is 2.76. The first-order valence-electron chi connectivity index (χ1n) is 9.80. The van der Waals surface area contributed by atoms with Gasteiger partial charge in [0.2, 0.25) is 0 Å². The molecule has 6 heteroatoms. The van der Waals surface area contributed by atoms with Crippen molar-refractivity contribution in [2.75, 3.05) is 35.3 Å². The lowest BCUT2D eigenvalue weighted by Crippen LogP contribution is -2.22. The maximum Gasteiger partial charge on any atom is 0.254 e. The zero-order valence-corrected chi connectivity index (χ0v) is 18.8. The summed E-state index contributed by atoms with van der Waals surface area (Å²) < 4.78 is 5.45. The predicted molar refractivity (Wildman–Crippen MR) is 124 cm³/mol. The molecular formula is C25H28N2O4. The molecule has 0 aliphatic heterocycles. The van der Waals surface area contributed by atoms with E-state index in [0.717, 1.165) is 5.56 Å². The summed E-state index contributed by atoms with van der Waals surface area (Å²) in [5.41, 5.74) is 2.92. The molecule has 0 saturated heterocycles. The van der Waals surface area contributed by atoms with Crippen LogP contribution in [0.1, 0.15) is 49.1 Å². The van der Waals surface area contributed by atoms with E-state index in [1.807, 2.05) is 25.1 Å². The number of methoxy groups -OCH3 is 1. The zero-order chi connectivity index (χ0) is 23.1. The molecule has 0 radical (unpaired) electrons. The van der Waals surface area contributed by atoms with Crippen molar-refractivity contribution in [1.29, 1.82) is 0 Å². The molecular weight excluding hydrogens is 392 g/mol. The smallest absolute Gasteiger partial charge is 0.254 e. The van der Waals surface area contributed by atoms with Gasteiger partial charge in [0.15, 0.2) is 5.78 Å². The van der Waals surface area contributed by atoms with Crippen LogP contribution in [0.15, 0.2) is 48.6 Å². The Bertz CT molecular complexity index is 1030. The fraction of sp³-hybridized carbons (Fsp3) is 0.240. The van der Waals surface area contributed by atoms with Gasteiger partial charge < -0.3 is 14.5 Å². The molecule has 0 unspecified atom stereocenters. The number of carbonyl (C=O) groups is 3. The number of allylic oxidation sites excluding steroid dienone is 2. The minimum absolute atomic E-state index is 0.122. The highest BCUT2D eigenvalue weighted by molar-refractivity contribution is 6.07. The summed E-state index contributed by atoms with van der Waals surface area (Å²) in [6, 6.07) is 10.0. The Kier molecular flexibility index (Phi) is 7.91. The van der Waals surface area contributed by atoms with Crippen molar-refractivity contribution >= 4 is 29.7 Å². The molecule has 2 amide bonds. The van der Waals surface area contributed by atoms with Crippen LogP contribution >= 0.6 is 0 Å². The Balaban J connectivity index is 2.36. The quantitative estimate of drug-likeness (QED) is 0.501. The van der Waals surface area contributed by atoms with Crippen LogP contribution in [-0.2, 0) is 0 Å². The van der Waals surface area contributed by atoms with Crippen LogP contribution in [0.4, 0.5) is 0 Å². The van der Waals surface area contributed by atoms with Crippen molar-refractivity contribution in [3.63, 3.8) is 0 Å². The molecule has 31 heavy (non-hydrogen) atoms. The van der Waals surface area contributed by atoms with Crippen molar-refractivity contribution in [3.8, 4) is 5.75 Å². The molecule has 0 aromatic heterocycles. The molecule has 2 aromatic carbocycles. The van der Waals surface area contributed by atoms with Crippen LogP contribution in [0.25, 0.3) is 12.2 Å². The minimum atomic E-state index is -0.202. The highest BCUT2D eigenvalue weighted by Gasteiger charge is 2.16. The van der Waals surface area contributed by atoms with Gasteiger partial charge in [0, 0.05) is 44.9 Å². The van der Waals surface area contributed by atoms with E-state index in [-0.39, 0.29) is 17.6 Å². The fourth-order valence-electron chi connectivity index (χ4n) is 2.96. The third kappa shape index (κ3) is 5.69. The van der Waals surface area contributed by atoms with E-state index in [1.165, 1.54) is 23.0 Å². The number of hydrogen-bond donors (Lipinski definition) is 0. The topological polar surface area (TPSA) is 66.9 Å². The normalized spacial score (nSPS) is 11.0. The number of ether oxygens (including phenoxy) is 1. The Morgan fingerprint density at radius 3 is 1.90 bits per heavy atom. The van der Waals surface area contributed by atoms with Crippen molar-refractivity contribution in [2.24, 2.45) is 0 Å². The molecule has 0 saturated carbocycles. The summed E-state index contributed by atoms with van der Waals surface area (Å²) in [6.07, 6.45) is 6.81. The van der Waals surface area contributed by atoms with Crippen LogP contribution in [-0.4, -0.2) is 62.7 Å². The summed E-state index contributed by atoms with van der Waals surface area (Å²) in [4.78, 5) is 40.1. The number of ketones is 1. The fourth-order valence-corrected chi connectivity index (χ4v) is 2.96. The average molecular weight is 421 g/mol. The number of hydrogen-bond acceptors (Lipinski definition) is 4. The van der Waals surface area contributed by atoms with Gasteiger partial charge in [-0.1, -0.05) is 24.3 Å². The first-order chi connectivity index (χ1) is 14.7. The molecule has 162 valence electrons. The van der Waals surface area contributed by atoms with Gasteiger partial charge >= 0.3 is 0 Å². The van der Waals surface area contributed by atoms with Crippen LogP contribution in [0, 0.1) is 0 Å². The van der Waals surface area contributed by atoms with Crippen molar-refractivity contribution in [2.45, 2.75) is 6.92 Å². The second-order valence-electron chi connectivity index (χ2n) is 7.36. The maximum atomic E-state index is 12.6. The van der Waals surface area contributed by atoms with E-state index >= 15 is 0 Å². The summed E-state index contributed by atoms with van der Waals surface area (Å²) in [6.45, 7) is 1.87. The van der Waals surface area contributed by atoms with Gasteiger partial charge in [-0.25, -0.2) is 0 Å². The summed E-state index contributed by atoms with van der Waals surface area (Å²) in [5, 5.41) is 0. The number of rotatable bonds is 7. The lowest BCUT2D eigenvalue weighted by Gasteiger charge is -2.15. The Morgan fingerprint density at radius 2 is 1.39 bits per heavy atom. The van der Waals surface area contributed by atoms with Gasteiger partial charge in [0.25, 0.3) is 11.8 Å². The van der Waals surface area contributed by atoms with E-state index in [4.69, 9.17) is 4.74 Å². The summed E-state index contributed by atoms with van der Waals surface area (Å²) >= 11 is 0. The van der Waals surface area contributed by atoms with E-state index in [1.54, 1.807) is 64.6 Å². The lowest BCUT2D eigenvalue weighted by molar-refractivity contribution is 0.0820. The van der Waals surface area contributed by atoms with Crippen LogP contribution in [0.3, 0.4) is 0 Å². The van der Waals surface area contributed by atoms with Crippen molar-refractivity contribution in [3.05, 3.63) is 76.4 Å². The molecule has 0 aliphatic carbocycles. The standard InChI is InChI=1S/C25H28N2O4/c1-7-8-19-15-20(23(31-6)16-21(19)25(30)27(4)5)13-14-22(28)17-9-11-18(12-10-17)24(29)26(2)3/h7-16H,1-6H3/b8-7-,14-13+. The third-order valence-electron chi connectivity index (χ3n) is 4.62. The SMILES string of the molecule is C/C=C\c1cc(/C=C/C(=O)c2ccc(C(=O)N(C)C)cc2)c(OC)cc1C(=O)N(C)C. The first-order valence-corrected chi connectivity index (χ1v) is 9.80. The molecule has 0 aliphatic rings. The Morgan fingerprint density at radius 1 is 0.806 bits per heavy atom. The van der Waals surface area contributed by atoms with Crippen LogP contribution < -0.4 is 4.74 Å². The minimum Gasteiger partial charge on any atom is -0.496 e. The van der Waals surface area contributed by atoms with Gasteiger partial charge in [-0.15, -0.1) is 0 Å². The van der Waals surface area contributed by atoms with Crippen molar-refractivity contribution in [1.82, 2.24) is 9.80 Å². The number of carbonyl (C=O) groups excluding carboxylic acids is 3.